The molecule has 0 aromatic carbocycles. The van der Waals surface area contributed by atoms with Crippen LogP contribution in [0, 0.1) is 0 Å². The second-order valence-electron chi connectivity index (χ2n) is 1.32. The molecule has 0 aromatic rings. The average molecular weight is 116 g/mol. The summed E-state index contributed by atoms with van der Waals surface area (Å²) >= 11 is 0. The van der Waals surface area contributed by atoms with Crippen molar-refractivity contribution in [2.45, 2.75) is 0 Å². The van der Waals surface area contributed by atoms with Crippen molar-refractivity contribution in [1.82, 2.24) is 0 Å². The van der Waals surface area contributed by atoms with Crippen molar-refractivity contribution in [3.05, 3.63) is 25.1 Å². The molecule has 0 unspecified atom stereocenters. The molecule has 0 saturated heterocycles. The molecule has 0 saturated carbocycles. The van der Waals surface area contributed by atoms with Crippen LogP contribution in [0.4, 0.5) is 4.39 Å². The van der Waals surface area contributed by atoms with Crippen LogP contribution < -0.4 is 0 Å². The van der Waals surface area contributed by atoms with Crippen LogP contribution in [0.25, 0.3) is 0 Å². The third-order valence-electron chi connectivity index (χ3n) is 0.494. The minimum atomic E-state index is -0.452. The first-order valence-corrected chi connectivity index (χ1v) is 2.29. The third-order valence-corrected chi connectivity index (χ3v) is 0.494. The number of halogens is 1. The Morgan fingerprint density at radius 2 is 2.38 bits per heavy atom. The van der Waals surface area contributed by atoms with Crippen LogP contribution in [0.3, 0.4) is 0 Å². The van der Waals surface area contributed by atoms with Gasteiger partial charge in [0.15, 0.2) is 0 Å². The third kappa shape index (κ3) is 5.37. The Hall–Kier alpha value is -0.630. The van der Waals surface area contributed by atoms with Gasteiger partial charge in [0.25, 0.3) is 0 Å². The molecule has 46 valence electrons. The minimum absolute atomic E-state index is 0.0218. The first-order valence-electron chi connectivity index (χ1n) is 2.29. The summed E-state index contributed by atoms with van der Waals surface area (Å²) in [7, 11) is 0. The Morgan fingerprint density at radius 3 is 2.75 bits per heavy atom. The second-order valence-corrected chi connectivity index (χ2v) is 1.32. The molecule has 0 atom stereocenters. The highest BCUT2D eigenvalue weighted by atomic mass is 19.1. The zero-order chi connectivity index (χ0) is 6.41. The van der Waals surface area contributed by atoms with E-state index < -0.39 is 5.83 Å². The molecule has 0 aromatic heterocycles. The Bertz CT molecular complexity index is 88.5. The van der Waals surface area contributed by atoms with Gasteiger partial charge < -0.3 is 4.74 Å². The van der Waals surface area contributed by atoms with Crippen LogP contribution >= 0.6 is 0 Å². The summed E-state index contributed by atoms with van der Waals surface area (Å²) in [6.07, 6.45) is 1.56. The lowest BCUT2D eigenvalue weighted by Gasteiger charge is -1.93. The maximum atomic E-state index is 11.7. The SMILES string of the molecule is C=CCOCC(=C)F. The van der Waals surface area contributed by atoms with E-state index >= 15 is 0 Å². The quantitative estimate of drug-likeness (QED) is 0.401. The van der Waals surface area contributed by atoms with E-state index in [1.165, 1.54) is 0 Å². The highest BCUT2D eigenvalue weighted by Crippen LogP contribution is 1.90. The summed E-state index contributed by atoms with van der Waals surface area (Å²) in [5, 5.41) is 0. The topological polar surface area (TPSA) is 9.23 Å². The molecule has 0 aliphatic carbocycles. The molecular formula is C6H9FO. The van der Waals surface area contributed by atoms with Gasteiger partial charge in [0.05, 0.1) is 13.2 Å². The van der Waals surface area contributed by atoms with Crippen molar-refractivity contribution in [3.63, 3.8) is 0 Å². The molecule has 0 spiro atoms. The summed E-state index contributed by atoms with van der Waals surface area (Å²) in [5.74, 6) is -0.452. The smallest absolute Gasteiger partial charge is 0.118 e. The lowest BCUT2D eigenvalue weighted by Crippen LogP contribution is -1.92. The summed E-state index contributed by atoms with van der Waals surface area (Å²) in [6.45, 7) is 6.74. The Balaban J connectivity index is 2.93. The Labute approximate surface area is 48.5 Å². The number of rotatable bonds is 4. The van der Waals surface area contributed by atoms with E-state index in [0.29, 0.717) is 6.61 Å². The molecule has 0 aliphatic heterocycles. The van der Waals surface area contributed by atoms with Gasteiger partial charge in [-0.1, -0.05) is 12.7 Å². The van der Waals surface area contributed by atoms with E-state index in [4.69, 9.17) is 0 Å². The Morgan fingerprint density at radius 1 is 1.75 bits per heavy atom. The zero-order valence-electron chi connectivity index (χ0n) is 4.69. The fraction of sp³-hybridized carbons (Fsp3) is 0.333. The highest BCUT2D eigenvalue weighted by molar-refractivity contribution is 4.79. The van der Waals surface area contributed by atoms with Crippen molar-refractivity contribution >= 4 is 0 Å². The first kappa shape index (κ1) is 7.37. The van der Waals surface area contributed by atoms with E-state index in [2.05, 4.69) is 17.9 Å². The molecule has 0 bridgehead atoms. The molecule has 0 heterocycles. The first-order chi connectivity index (χ1) is 3.77. The van der Waals surface area contributed by atoms with Gasteiger partial charge in [-0.25, -0.2) is 4.39 Å². The summed E-state index contributed by atoms with van der Waals surface area (Å²) in [4.78, 5) is 0. The maximum absolute atomic E-state index is 11.7. The molecule has 2 heteroatoms. The summed E-state index contributed by atoms with van der Waals surface area (Å²) in [6, 6.07) is 0. The lowest BCUT2D eigenvalue weighted by atomic mass is 10.6. The molecule has 0 N–H and O–H groups in total. The van der Waals surface area contributed by atoms with E-state index in [1.54, 1.807) is 6.08 Å². The Kier molecular flexibility index (Phi) is 4.17. The molecule has 1 nitrogen and oxygen atoms in total. The van der Waals surface area contributed by atoms with E-state index in [1.807, 2.05) is 0 Å². The predicted octanol–water partition coefficient (Wildman–Crippen LogP) is 1.67. The van der Waals surface area contributed by atoms with Gasteiger partial charge in [0.2, 0.25) is 0 Å². The van der Waals surface area contributed by atoms with Gasteiger partial charge in [-0.15, -0.1) is 6.58 Å². The van der Waals surface area contributed by atoms with Gasteiger partial charge in [0.1, 0.15) is 5.83 Å². The molecular weight excluding hydrogens is 107 g/mol. The van der Waals surface area contributed by atoms with Gasteiger partial charge in [-0.2, -0.15) is 0 Å². The number of hydrogen-bond acceptors (Lipinski definition) is 1. The fourth-order valence-corrected chi connectivity index (χ4v) is 0.253. The largest absolute Gasteiger partial charge is 0.370 e. The molecule has 0 radical (unpaired) electrons. The van der Waals surface area contributed by atoms with Crippen molar-refractivity contribution in [1.29, 1.82) is 0 Å². The van der Waals surface area contributed by atoms with Crippen molar-refractivity contribution in [2.75, 3.05) is 13.2 Å². The van der Waals surface area contributed by atoms with Crippen LogP contribution in [-0.4, -0.2) is 13.2 Å². The maximum Gasteiger partial charge on any atom is 0.118 e. The summed E-state index contributed by atoms with van der Waals surface area (Å²) < 4.78 is 16.3. The van der Waals surface area contributed by atoms with E-state index in [-0.39, 0.29) is 6.61 Å². The van der Waals surface area contributed by atoms with Crippen LogP contribution in [0.15, 0.2) is 25.1 Å². The average Bonchev–Trinajstić information content (AvgIpc) is 1.66. The van der Waals surface area contributed by atoms with Crippen LogP contribution in [0.1, 0.15) is 0 Å². The zero-order valence-corrected chi connectivity index (χ0v) is 4.69. The second kappa shape index (κ2) is 4.53. The molecule has 0 rings (SSSR count). The highest BCUT2D eigenvalue weighted by Gasteiger charge is 1.85. The number of hydrogen-bond donors (Lipinski definition) is 0. The summed E-state index contributed by atoms with van der Waals surface area (Å²) in [5.41, 5.74) is 0. The van der Waals surface area contributed by atoms with E-state index in [9.17, 15) is 4.39 Å². The molecule has 0 fully saturated rings. The standard InChI is InChI=1S/C6H9FO/c1-3-4-8-5-6(2)7/h3H,1-2,4-5H2. The van der Waals surface area contributed by atoms with E-state index in [0.717, 1.165) is 0 Å². The van der Waals surface area contributed by atoms with Crippen LogP contribution in [0.5, 0.6) is 0 Å². The van der Waals surface area contributed by atoms with Gasteiger partial charge in [0, 0.05) is 0 Å². The van der Waals surface area contributed by atoms with Crippen molar-refractivity contribution in [2.24, 2.45) is 0 Å². The number of ether oxygens (including phenoxy) is 1. The lowest BCUT2D eigenvalue weighted by molar-refractivity contribution is 0.171. The monoisotopic (exact) mass is 116 g/mol. The van der Waals surface area contributed by atoms with Crippen molar-refractivity contribution < 1.29 is 9.13 Å². The van der Waals surface area contributed by atoms with Crippen LogP contribution in [0.2, 0.25) is 0 Å². The molecule has 8 heavy (non-hydrogen) atoms. The minimum Gasteiger partial charge on any atom is -0.370 e. The van der Waals surface area contributed by atoms with Gasteiger partial charge in [-0.3, -0.25) is 0 Å². The van der Waals surface area contributed by atoms with Crippen LogP contribution in [-0.2, 0) is 4.74 Å². The van der Waals surface area contributed by atoms with Gasteiger partial charge >= 0.3 is 0 Å². The molecule has 0 aliphatic rings. The normalized spacial score (nSPS) is 8.62. The van der Waals surface area contributed by atoms with Gasteiger partial charge in [-0.05, 0) is 0 Å². The molecule has 0 amide bonds. The fourth-order valence-electron chi connectivity index (χ4n) is 0.253. The van der Waals surface area contributed by atoms with Crippen molar-refractivity contribution in [3.8, 4) is 0 Å². The predicted molar refractivity (Wildman–Crippen MR) is 31.3 cm³/mol.